The summed E-state index contributed by atoms with van der Waals surface area (Å²) in [4.78, 5) is 12.4. The zero-order valence-corrected chi connectivity index (χ0v) is 15.2. The maximum Gasteiger partial charge on any atom is 0.287 e. The summed E-state index contributed by atoms with van der Waals surface area (Å²) in [5, 5.41) is 12.9. The van der Waals surface area contributed by atoms with Gasteiger partial charge in [0.2, 0.25) is 5.76 Å². The van der Waals surface area contributed by atoms with Crippen LogP contribution >= 0.6 is 0 Å². The molecule has 0 atom stereocenters. The van der Waals surface area contributed by atoms with Gasteiger partial charge in [-0.25, -0.2) is 0 Å². The second-order valence-corrected chi connectivity index (χ2v) is 7.92. The number of sulfonamides is 1. The molecule has 0 unspecified atom stereocenters. The van der Waals surface area contributed by atoms with E-state index in [0.29, 0.717) is 16.5 Å². The van der Waals surface area contributed by atoms with Crippen LogP contribution in [-0.2, 0) is 10.0 Å². The number of hydrogen-bond donors (Lipinski definition) is 2. The number of nitrogens with one attached hydrogen (secondary N) is 1. The highest BCUT2D eigenvalue weighted by Gasteiger charge is 2.29. The molecule has 2 heterocycles. The van der Waals surface area contributed by atoms with Crippen LogP contribution in [0.4, 0.5) is 0 Å². The van der Waals surface area contributed by atoms with Crippen LogP contribution in [0, 0.1) is 6.92 Å². The third-order valence-corrected chi connectivity index (χ3v) is 5.69. The molecule has 0 saturated carbocycles. The van der Waals surface area contributed by atoms with E-state index in [0.717, 1.165) is 5.56 Å². The Morgan fingerprint density at radius 1 is 1.15 bits per heavy atom. The van der Waals surface area contributed by atoms with Crippen LogP contribution in [0.2, 0.25) is 0 Å². The lowest BCUT2D eigenvalue weighted by Gasteiger charge is -2.05. The van der Waals surface area contributed by atoms with Crippen LogP contribution in [0.25, 0.3) is 11.0 Å². The van der Waals surface area contributed by atoms with Crippen molar-refractivity contribution in [1.29, 1.82) is 0 Å². The molecule has 4 rings (SSSR count). The van der Waals surface area contributed by atoms with Gasteiger partial charge in [0.15, 0.2) is 0 Å². The Morgan fingerprint density at radius 2 is 1.89 bits per heavy atom. The number of phenols is 1. The number of carbonyl (C=O) groups is 1. The van der Waals surface area contributed by atoms with Crippen molar-refractivity contribution in [1.82, 2.24) is 5.32 Å². The molecule has 8 heteroatoms. The van der Waals surface area contributed by atoms with Crippen LogP contribution in [0.15, 0.2) is 56.2 Å². The Labute approximate surface area is 155 Å². The Balaban J connectivity index is 1.94. The van der Waals surface area contributed by atoms with Gasteiger partial charge in [0.25, 0.3) is 15.9 Å². The van der Waals surface area contributed by atoms with Crippen molar-refractivity contribution in [2.75, 3.05) is 6.54 Å². The second-order valence-electron chi connectivity index (χ2n) is 6.32. The predicted octanol–water partition coefficient (Wildman–Crippen LogP) is 2.76. The fourth-order valence-electron chi connectivity index (χ4n) is 3.03. The molecule has 1 amide bonds. The van der Waals surface area contributed by atoms with Gasteiger partial charge >= 0.3 is 0 Å². The average Bonchev–Trinajstić information content (AvgIpc) is 2.92. The SMILES string of the molecule is Cc1ccc(S(=O)(=O)N=C2CCNC(=O)c3oc4ccc(O)cc4c32)cc1. The molecule has 0 fully saturated rings. The predicted molar refractivity (Wildman–Crippen MR) is 99.7 cm³/mol. The number of aromatic hydroxyl groups is 1. The zero-order chi connectivity index (χ0) is 19.2. The number of amides is 1. The van der Waals surface area contributed by atoms with Gasteiger partial charge in [-0.05, 0) is 37.3 Å². The number of nitrogens with zero attached hydrogens (tertiary/aromatic N) is 1. The molecular weight excluding hydrogens is 368 g/mol. The maximum atomic E-state index is 12.8. The maximum absolute atomic E-state index is 12.8. The van der Waals surface area contributed by atoms with Crippen molar-refractivity contribution in [3.63, 3.8) is 0 Å². The minimum absolute atomic E-state index is 0.00837. The van der Waals surface area contributed by atoms with Gasteiger partial charge in [-0.2, -0.15) is 12.8 Å². The topological polar surface area (TPSA) is 109 Å². The molecule has 138 valence electrons. The highest BCUT2D eigenvalue weighted by molar-refractivity contribution is 7.90. The Hall–Kier alpha value is -3.13. The molecule has 2 aromatic carbocycles. The Kier molecular flexibility index (Phi) is 4.00. The number of phenolic OH excluding ortho intramolecular Hbond substituents is 1. The Bertz CT molecular complexity index is 1190. The van der Waals surface area contributed by atoms with Gasteiger partial charge in [-0.1, -0.05) is 17.7 Å². The molecule has 1 aliphatic rings. The van der Waals surface area contributed by atoms with Gasteiger partial charge in [0.1, 0.15) is 11.3 Å². The summed E-state index contributed by atoms with van der Waals surface area (Å²) < 4.78 is 35.2. The standard InChI is InChI=1S/C19H16N2O5S/c1-11-2-5-13(6-3-11)27(24,25)21-15-8-9-20-19(23)18-17(15)14-10-12(22)4-7-16(14)26-18/h2-7,10,22H,8-9H2,1H3,(H,20,23). The summed E-state index contributed by atoms with van der Waals surface area (Å²) in [5.41, 5.74) is 1.82. The first-order valence-electron chi connectivity index (χ1n) is 8.30. The van der Waals surface area contributed by atoms with E-state index < -0.39 is 15.9 Å². The lowest BCUT2D eigenvalue weighted by molar-refractivity contribution is 0.0931. The first kappa shape index (κ1) is 17.3. The number of rotatable bonds is 2. The molecule has 27 heavy (non-hydrogen) atoms. The van der Waals surface area contributed by atoms with Crippen LogP contribution < -0.4 is 5.32 Å². The van der Waals surface area contributed by atoms with Crippen molar-refractivity contribution in [3.05, 3.63) is 59.4 Å². The fourth-order valence-corrected chi connectivity index (χ4v) is 4.09. The van der Waals surface area contributed by atoms with Crippen molar-refractivity contribution in [2.24, 2.45) is 4.40 Å². The van der Waals surface area contributed by atoms with Gasteiger partial charge in [0, 0.05) is 18.4 Å². The van der Waals surface area contributed by atoms with E-state index in [9.17, 15) is 18.3 Å². The molecule has 0 radical (unpaired) electrons. The normalized spacial score (nSPS) is 16.2. The van der Waals surface area contributed by atoms with Crippen LogP contribution in [0.3, 0.4) is 0 Å². The summed E-state index contributed by atoms with van der Waals surface area (Å²) >= 11 is 0. The number of furan rings is 1. The summed E-state index contributed by atoms with van der Waals surface area (Å²) in [7, 11) is -3.97. The van der Waals surface area contributed by atoms with Gasteiger partial charge in [-0.15, -0.1) is 0 Å². The minimum atomic E-state index is -3.97. The lowest BCUT2D eigenvalue weighted by atomic mass is 10.0. The van der Waals surface area contributed by atoms with Crippen molar-refractivity contribution < 1.29 is 22.7 Å². The quantitative estimate of drug-likeness (QED) is 0.706. The summed E-state index contributed by atoms with van der Waals surface area (Å²) in [5.74, 6) is -0.471. The zero-order valence-electron chi connectivity index (χ0n) is 14.4. The molecular formula is C19H16N2O5S. The summed E-state index contributed by atoms with van der Waals surface area (Å²) in [6.45, 7) is 2.09. The summed E-state index contributed by atoms with van der Waals surface area (Å²) in [6.07, 6.45) is 0.216. The van der Waals surface area contributed by atoms with Gasteiger partial charge in [0.05, 0.1) is 16.2 Å². The highest BCUT2D eigenvalue weighted by atomic mass is 32.2. The summed E-state index contributed by atoms with van der Waals surface area (Å²) in [6, 6.07) is 10.8. The third kappa shape index (κ3) is 3.08. The van der Waals surface area contributed by atoms with Crippen molar-refractivity contribution in [3.8, 4) is 5.75 Å². The fraction of sp³-hybridized carbons (Fsp3) is 0.158. The molecule has 1 aliphatic heterocycles. The van der Waals surface area contributed by atoms with Gasteiger partial charge < -0.3 is 14.8 Å². The lowest BCUT2D eigenvalue weighted by Crippen LogP contribution is -2.22. The van der Waals surface area contributed by atoms with Crippen molar-refractivity contribution >= 4 is 32.6 Å². The number of carbonyl (C=O) groups excluding carboxylic acids is 1. The first-order valence-corrected chi connectivity index (χ1v) is 9.74. The smallest absolute Gasteiger partial charge is 0.287 e. The Morgan fingerprint density at radius 3 is 2.63 bits per heavy atom. The van der Waals surface area contributed by atoms with E-state index in [1.54, 1.807) is 12.1 Å². The third-order valence-electron chi connectivity index (χ3n) is 4.36. The van der Waals surface area contributed by atoms with E-state index >= 15 is 0 Å². The minimum Gasteiger partial charge on any atom is -0.508 e. The number of aryl methyl sites for hydroxylation is 1. The van der Waals surface area contributed by atoms with Gasteiger partial charge in [-0.3, -0.25) is 4.79 Å². The highest BCUT2D eigenvalue weighted by Crippen LogP contribution is 2.32. The van der Waals surface area contributed by atoms with Crippen molar-refractivity contribution in [2.45, 2.75) is 18.2 Å². The molecule has 0 spiro atoms. The molecule has 7 nitrogen and oxygen atoms in total. The van der Waals surface area contributed by atoms with Crippen LogP contribution in [0.5, 0.6) is 5.75 Å². The monoisotopic (exact) mass is 384 g/mol. The molecule has 1 aromatic heterocycles. The van der Waals surface area contributed by atoms with E-state index in [-0.39, 0.29) is 35.1 Å². The molecule has 0 saturated heterocycles. The number of fused-ring (bicyclic) bond motifs is 3. The average molecular weight is 384 g/mol. The number of benzene rings is 2. The second kappa shape index (κ2) is 6.24. The molecule has 0 aliphatic carbocycles. The molecule has 2 N–H and O–H groups in total. The first-order chi connectivity index (χ1) is 12.8. The van der Waals surface area contributed by atoms with Crippen LogP contribution in [-0.4, -0.2) is 31.7 Å². The van der Waals surface area contributed by atoms with Crippen LogP contribution in [0.1, 0.15) is 28.1 Å². The van der Waals surface area contributed by atoms with E-state index in [1.807, 2.05) is 6.92 Å². The largest absolute Gasteiger partial charge is 0.508 e. The molecule has 0 bridgehead atoms. The van der Waals surface area contributed by atoms with E-state index in [1.165, 1.54) is 30.3 Å². The number of hydrogen-bond acceptors (Lipinski definition) is 5. The van der Waals surface area contributed by atoms with E-state index in [4.69, 9.17) is 4.42 Å². The van der Waals surface area contributed by atoms with E-state index in [2.05, 4.69) is 9.71 Å². The molecule has 3 aromatic rings.